The number of benzene rings is 2. The molecule has 1 heterocycles. The third-order valence-electron chi connectivity index (χ3n) is 4.86. The second kappa shape index (κ2) is 6.68. The first-order chi connectivity index (χ1) is 11.8. The molecular weight excluding hydrogens is 328 g/mol. The van der Waals surface area contributed by atoms with Gasteiger partial charge in [-0.15, -0.1) is 0 Å². The molecule has 0 amide bonds. The molecule has 0 atom stereocenters. The van der Waals surface area contributed by atoms with Crippen molar-refractivity contribution in [1.29, 1.82) is 0 Å². The van der Waals surface area contributed by atoms with E-state index in [4.69, 9.17) is 11.6 Å². The van der Waals surface area contributed by atoms with Crippen LogP contribution in [0.3, 0.4) is 0 Å². The largest absolute Gasteiger partial charge is 0.363 e. The van der Waals surface area contributed by atoms with Gasteiger partial charge in [0.15, 0.2) is 0 Å². The van der Waals surface area contributed by atoms with Crippen LogP contribution >= 0.6 is 11.6 Å². The Balaban J connectivity index is 2.02. The van der Waals surface area contributed by atoms with Crippen molar-refractivity contribution < 1.29 is 0 Å². The van der Waals surface area contributed by atoms with Crippen molar-refractivity contribution in [3.05, 3.63) is 64.2 Å². The molecule has 3 heteroatoms. The highest BCUT2D eigenvalue weighted by Gasteiger charge is 2.30. The Hall–Kier alpha value is -2.06. The minimum atomic E-state index is 0.0389. The number of hydrogen-bond donors (Lipinski definition) is 0. The zero-order valence-electron chi connectivity index (χ0n) is 15.6. The molecule has 130 valence electrons. The molecule has 1 aliphatic heterocycles. The number of halogens is 1. The minimum absolute atomic E-state index is 0.0389. The summed E-state index contributed by atoms with van der Waals surface area (Å²) < 4.78 is 0. The van der Waals surface area contributed by atoms with Crippen LogP contribution in [0.25, 0.3) is 5.57 Å². The molecule has 1 aliphatic rings. The van der Waals surface area contributed by atoms with Crippen LogP contribution in [-0.2, 0) is 0 Å². The number of hydrogen-bond acceptors (Lipinski definition) is 2. The Bertz CT molecular complexity index is 845. The Morgan fingerprint density at radius 3 is 2.44 bits per heavy atom. The Kier molecular flexibility index (Phi) is 4.75. The van der Waals surface area contributed by atoms with Crippen LogP contribution in [0.1, 0.15) is 44.4 Å². The quantitative estimate of drug-likeness (QED) is 0.582. The summed E-state index contributed by atoms with van der Waals surface area (Å²) in [7, 11) is 0. The van der Waals surface area contributed by atoms with Crippen LogP contribution in [0.5, 0.6) is 0 Å². The average molecular weight is 353 g/mol. The lowest BCUT2D eigenvalue weighted by Crippen LogP contribution is -2.45. The number of anilines is 1. The fourth-order valence-corrected chi connectivity index (χ4v) is 3.76. The fraction of sp³-hybridized carbons (Fsp3) is 0.318. The van der Waals surface area contributed by atoms with Gasteiger partial charge >= 0.3 is 0 Å². The predicted molar refractivity (Wildman–Crippen MR) is 111 cm³/mol. The second-order valence-corrected chi connectivity index (χ2v) is 7.62. The van der Waals surface area contributed by atoms with Gasteiger partial charge in [-0.25, -0.2) is 0 Å². The van der Waals surface area contributed by atoms with Crippen LogP contribution < -0.4 is 4.90 Å². The van der Waals surface area contributed by atoms with E-state index < -0.39 is 0 Å². The van der Waals surface area contributed by atoms with Crippen LogP contribution in [0, 0.1) is 6.92 Å². The minimum Gasteiger partial charge on any atom is -0.363 e. The summed E-state index contributed by atoms with van der Waals surface area (Å²) in [6, 6.07) is 12.1. The van der Waals surface area contributed by atoms with E-state index in [9.17, 15) is 0 Å². The zero-order valence-corrected chi connectivity index (χ0v) is 16.4. The molecule has 25 heavy (non-hydrogen) atoms. The molecule has 0 saturated heterocycles. The second-order valence-electron chi connectivity index (χ2n) is 7.19. The van der Waals surface area contributed by atoms with E-state index in [0.717, 1.165) is 22.8 Å². The maximum absolute atomic E-state index is 5.94. The van der Waals surface area contributed by atoms with Crippen molar-refractivity contribution in [2.75, 3.05) is 11.4 Å². The maximum Gasteiger partial charge on any atom is 0.0630 e. The summed E-state index contributed by atoms with van der Waals surface area (Å²) in [6.07, 6.45) is 4.30. The molecule has 0 aliphatic carbocycles. The monoisotopic (exact) mass is 352 g/mol. The smallest absolute Gasteiger partial charge is 0.0630 e. The third-order valence-corrected chi connectivity index (χ3v) is 5.11. The van der Waals surface area contributed by atoms with E-state index in [1.54, 1.807) is 0 Å². The summed E-state index contributed by atoms with van der Waals surface area (Å²) in [5.74, 6) is 0. The number of fused-ring (bicyclic) bond motifs is 1. The molecule has 0 N–H and O–H groups in total. The molecule has 0 unspecified atom stereocenters. The molecule has 0 spiro atoms. The molecule has 0 aromatic heterocycles. The van der Waals surface area contributed by atoms with Crippen molar-refractivity contribution >= 4 is 34.8 Å². The lowest BCUT2D eigenvalue weighted by Gasteiger charge is -2.43. The van der Waals surface area contributed by atoms with E-state index in [2.05, 4.69) is 62.7 Å². The summed E-state index contributed by atoms with van der Waals surface area (Å²) in [5, 5.41) is 0.729. The Morgan fingerprint density at radius 2 is 1.80 bits per heavy atom. The molecule has 2 nitrogen and oxygen atoms in total. The van der Waals surface area contributed by atoms with Crippen LogP contribution in [0.4, 0.5) is 11.4 Å². The van der Waals surface area contributed by atoms with Crippen LogP contribution in [-0.4, -0.2) is 18.3 Å². The number of allylic oxidation sites excluding steroid dienone is 1. The Morgan fingerprint density at radius 1 is 1.12 bits per heavy atom. The van der Waals surface area contributed by atoms with Gasteiger partial charge in [-0.05, 0) is 87.7 Å². The highest BCUT2D eigenvalue weighted by molar-refractivity contribution is 6.30. The van der Waals surface area contributed by atoms with E-state index >= 15 is 0 Å². The average Bonchev–Trinajstić information content (AvgIpc) is 2.54. The van der Waals surface area contributed by atoms with Crippen molar-refractivity contribution in [2.45, 2.75) is 40.2 Å². The lowest BCUT2D eigenvalue weighted by atomic mass is 9.87. The summed E-state index contributed by atoms with van der Waals surface area (Å²) in [4.78, 5) is 7.06. The molecule has 0 saturated carbocycles. The fourth-order valence-electron chi connectivity index (χ4n) is 3.63. The highest BCUT2D eigenvalue weighted by Crippen LogP contribution is 2.39. The molecule has 2 aromatic carbocycles. The number of aryl methyl sites for hydroxylation is 1. The van der Waals surface area contributed by atoms with Gasteiger partial charge in [-0.3, -0.25) is 4.99 Å². The number of nitrogens with zero attached hydrogens (tertiary/aromatic N) is 2. The van der Waals surface area contributed by atoms with Crippen molar-refractivity contribution in [3.63, 3.8) is 0 Å². The maximum atomic E-state index is 5.94. The molecule has 0 radical (unpaired) electrons. The van der Waals surface area contributed by atoms with E-state index in [0.29, 0.717) is 0 Å². The van der Waals surface area contributed by atoms with Gasteiger partial charge in [0.25, 0.3) is 0 Å². The molecule has 3 rings (SSSR count). The van der Waals surface area contributed by atoms with Crippen molar-refractivity contribution in [2.24, 2.45) is 4.99 Å². The van der Waals surface area contributed by atoms with Gasteiger partial charge in [0.1, 0.15) is 0 Å². The van der Waals surface area contributed by atoms with Crippen molar-refractivity contribution in [1.82, 2.24) is 0 Å². The summed E-state index contributed by atoms with van der Waals surface area (Å²) in [5.41, 5.74) is 7.27. The first-order valence-electron chi connectivity index (χ1n) is 8.73. The van der Waals surface area contributed by atoms with Crippen molar-refractivity contribution in [3.8, 4) is 0 Å². The topological polar surface area (TPSA) is 15.6 Å². The summed E-state index contributed by atoms with van der Waals surface area (Å²) in [6.45, 7) is 12.1. The van der Waals surface area contributed by atoms with E-state index in [-0.39, 0.29) is 5.54 Å². The summed E-state index contributed by atoms with van der Waals surface area (Å²) >= 11 is 5.94. The normalized spacial score (nSPS) is 16.1. The van der Waals surface area contributed by atoms with Crippen LogP contribution in [0.15, 0.2) is 47.5 Å². The molecule has 0 bridgehead atoms. The Labute approximate surface area is 155 Å². The van der Waals surface area contributed by atoms with Gasteiger partial charge in [0, 0.05) is 29.0 Å². The van der Waals surface area contributed by atoms with Gasteiger partial charge < -0.3 is 4.90 Å². The van der Waals surface area contributed by atoms with Gasteiger partial charge in [-0.2, -0.15) is 0 Å². The molecule has 2 aromatic rings. The van der Waals surface area contributed by atoms with E-state index in [1.807, 2.05) is 30.5 Å². The first-order valence-corrected chi connectivity index (χ1v) is 9.11. The number of aliphatic imine (C=N–C) groups is 1. The number of rotatable bonds is 3. The zero-order chi connectivity index (χ0) is 18.2. The van der Waals surface area contributed by atoms with Gasteiger partial charge in [0.2, 0.25) is 0 Å². The molecular formula is C22H25ClN2. The standard InChI is InChI=1S/C22H25ClN2/c1-6-25-21-11-15(2)17(12-20(21)16(3)13-22(25,4)5)14-24-19-9-7-18(23)8-10-19/h7-14H,6H2,1-5H3. The highest BCUT2D eigenvalue weighted by atomic mass is 35.5. The predicted octanol–water partition coefficient (Wildman–Crippen LogP) is 6.42. The SMILES string of the molecule is CCN1c2cc(C)c(C=Nc3ccc(Cl)cc3)cc2C(C)=CC1(C)C. The van der Waals surface area contributed by atoms with Gasteiger partial charge in [0.05, 0.1) is 11.2 Å². The van der Waals surface area contributed by atoms with Crippen LogP contribution in [0.2, 0.25) is 5.02 Å². The first kappa shape index (κ1) is 17.8. The molecule has 0 fully saturated rings. The van der Waals surface area contributed by atoms with Gasteiger partial charge in [-0.1, -0.05) is 17.7 Å². The lowest BCUT2D eigenvalue weighted by molar-refractivity contribution is 0.566. The van der Waals surface area contributed by atoms with E-state index in [1.165, 1.54) is 22.4 Å². The number of likely N-dealkylation sites (N-methyl/N-ethyl adjacent to an activating group) is 1. The third kappa shape index (κ3) is 3.50.